The van der Waals surface area contributed by atoms with Gasteiger partial charge in [0.05, 0.1) is 12.6 Å². The van der Waals surface area contributed by atoms with Gasteiger partial charge in [0.1, 0.15) is 6.10 Å². The molecule has 0 saturated carbocycles. The lowest BCUT2D eigenvalue weighted by atomic mass is 9.94. The van der Waals surface area contributed by atoms with Crippen molar-refractivity contribution >= 4 is 0 Å². The molecule has 2 atom stereocenters. The molecule has 2 heteroatoms. The first-order chi connectivity index (χ1) is 12.3. The second-order valence-corrected chi connectivity index (χ2v) is 6.45. The highest BCUT2D eigenvalue weighted by Crippen LogP contribution is 2.36. The summed E-state index contributed by atoms with van der Waals surface area (Å²) in [5, 5.41) is 0. The standard InChI is InChI=1S/C23H25NO/c1-24(2)22(20-14-8-4-9-15-20)23(21-16-10-5-11-17-21)25-18-19-12-6-3-7-13-19/h3-17,22-23H,18H2,1-2H3/t22-,23-/m1/s1. The van der Waals surface area contributed by atoms with E-state index in [9.17, 15) is 0 Å². The molecule has 25 heavy (non-hydrogen) atoms. The lowest BCUT2D eigenvalue weighted by Crippen LogP contribution is -2.28. The SMILES string of the molecule is CN(C)[C@H](c1ccccc1)[C@H](OCc1ccccc1)c1ccccc1. The zero-order chi connectivity index (χ0) is 17.5. The Morgan fingerprint density at radius 3 is 1.68 bits per heavy atom. The molecule has 0 amide bonds. The lowest BCUT2D eigenvalue weighted by molar-refractivity contribution is -0.0148. The topological polar surface area (TPSA) is 12.5 Å². The highest BCUT2D eigenvalue weighted by Gasteiger charge is 2.27. The van der Waals surface area contributed by atoms with Gasteiger partial charge in [-0.1, -0.05) is 91.0 Å². The zero-order valence-electron chi connectivity index (χ0n) is 14.9. The third-order valence-corrected chi connectivity index (χ3v) is 4.38. The van der Waals surface area contributed by atoms with Crippen LogP contribution in [0.25, 0.3) is 0 Å². The fraction of sp³-hybridized carbons (Fsp3) is 0.217. The third-order valence-electron chi connectivity index (χ3n) is 4.38. The van der Waals surface area contributed by atoms with E-state index in [0.29, 0.717) is 6.61 Å². The van der Waals surface area contributed by atoms with Crippen molar-refractivity contribution in [2.75, 3.05) is 14.1 Å². The van der Waals surface area contributed by atoms with Crippen LogP contribution >= 0.6 is 0 Å². The summed E-state index contributed by atoms with van der Waals surface area (Å²) in [5.41, 5.74) is 3.64. The average molecular weight is 331 g/mol. The fourth-order valence-electron chi connectivity index (χ4n) is 3.17. The van der Waals surface area contributed by atoms with E-state index < -0.39 is 0 Å². The zero-order valence-corrected chi connectivity index (χ0v) is 14.9. The molecule has 0 bridgehead atoms. The molecule has 0 fully saturated rings. The minimum Gasteiger partial charge on any atom is -0.367 e. The van der Waals surface area contributed by atoms with Crippen LogP contribution in [-0.2, 0) is 11.3 Å². The molecule has 0 heterocycles. The van der Waals surface area contributed by atoms with Crippen molar-refractivity contribution in [1.82, 2.24) is 4.90 Å². The number of hydrogen-bond donors (Lipinski definition) is 0. The predicted molar refractivity (Wildman–Crippen MR) is 103 cm³/mol. The molecule has 0 aromatic heterocycles. The summed E-state index contributed by atoms with van der Waals surface area (Å²) in [6.07, 6.45) is -0.0428. The first-order valence-corrected chi connectivity index (χ1v) is 8.67. The van der Waals surface area contributed by atoms with E-state index in [4.69, 9.17) is 4.74 Å². The van der Waals surface area contributed by atoms with E-state index in [1.165, 1.54) is 16.7 Å². The van der Waals surface area contributed by atoms with Crippen molar-refractivity contribution in [3.63, 3.8) is 0 Å². The van der Waals surface area contributed by atoms with E-state index in [-0.39, 0.29) is 12.1 Å². The highest BCUT2D eigenvalue weighted by atomic mass is 16.5. The molecule has 0 unspecified atom stereocenters. The van der Waals surface area contributed by atoms with E-state index in [1.54, 1.807) is 0 Å². The quantitative estimate of drug-likeness (QED) is 0.586. The monoisotopic (exact) mass is 331 g/mol. The Kier molecular flexibility index (Phi) is 5.99. The Hall–Kier alpha value is -2.42. The molecule has 3 aromatic carbocycles. The van der Waals surface area contributed by atoms with Crippen LogP contribution in [0.3, 0.4) is 0 Å². The van der Waals surface area contributed by atoms with E-state index in [1.807, 2.05) is 12.1 Å². The van der Waals surface area contributed by atoms with E-state index in [0.717, 1.165) is 0 Å². The van der Waals surface area contributed by atoms with Crippen LogP contribution in [0.15, 0.2) is 91.0 Å². The van der Waals surface area contributed by atoms with Gasteiger partial charge in [0.25, 0.3) is 0 Å². The van der Waals surface area contributed by atoms with Gasteiger partial charge in [-0.05, 0) is 30.8 Å². The number of ether oxygens (including phenoxy) is 1. The summed E-state index contributed by atoms with van der Waals surface area (Å²) >= 11 is 0. The first kappa shape index (κ1) is 17.4. The van der Waals surface area contributed by atoms with Crippen LogP contribution in [0.4, 0.5) is 0 Å². The fourth-order valence-corrected chi connectivity index (χ4v) is 3.17. The first-order valence-electron chi connectivity index (χ1n) is 8.67. The maximum absolute atomic E-state index is 6.45. The summed E-state index contributed by atoms with van der Waals surface area (Å²) in [6, 6.07) is 31.6. The highest BCUT2D eigenvalue weighted by molar-refractivity contribution is 5.26. The number of hydrogen-bond acceptors (Lipinski definition) is 2. The molecule has 0 aliphatic rings. The Labute approximate surface area is 150 Å². The molecule has 2 nitrogen and oxygen atoms in total. The van der Waals surface area contributed by atoms with Gasteiger partial charge in [0.2, 0.25) is 0 Å². The van der Waals surface area contributed by atoms with Crippen molar-refractivity contribution in [1.29, 1.82) is 0 Å². The smallest absolute Gasteiger partial charge is 0.103 e. The minimum absolute atomic E-state index is 0.0428. The van der Waals surface area contributed by atoms with Crippen molar-refractivity contribution in [3.8, 4) is 0 Å². The van der Waals surface area contributed by atoms with Crippen LogP contribution in [-0.4, -0.2) is 19.0 Å². The van der Waals surface area contributed by atoms with Crippen molar-refractivity contribution in [2.45, 2.75) is 18.8 Å². The van der Waals surface area contributed by atoms with Gasteiger partial charge in [-0.25, -0.2) is 0 Å². The third kappa shape index (κ3) is 4.56. The Bertz CT molecular complexity index is 741. The molecule has 0 saturated heterocycles. The molecule has 128 valence electrons. The van der Waals surface area contributed by atoms with Crippen LogP contribution in [0.5, 0.6) is 0 Å². The van der Waals surface area contributed by atoms with Crippen LogP contribution in [0, 0.1) is 0 Å². The molecule has 0 aliphatic carbocycles. The Balaban J connectivity index is 1.91. The maximum atomic E-state index is 6.45. The summed E-state index contributed by atoms with van der Waals surface area (Å²) < 4.78 is 6.45. The number of rotatable bonds is 7. The van der Waals surface area contributed by atoms with Crippen molar-refractivity contribution < 1.29 is 4.74 Å². The predicted octanol–water partition coefficient (Wildman–Crippen LogP) is 5.25. The lowest BCUT2D eigenvalue weighted by Gasteiger charge is -2.33. The molecule has 0 spiro atoms. The van der Waals surface area contributed by atoms with Crippen LogP contribution in [0.1, 0.15) is 28.8 Å². The number of nitrogens with zero attached hydrogens (tertiary/aromatic N) is 1. The Morgan fingerprint density at radius 1 is 0.680 bits per heavy atom. The minimum atomic E-state index is -0.0428. The van der Waals surface area contributed by atoms with Gasteiger partial charge in [0.15, 0.2) is 0 Å². The van der Waals surface area contributed by atoms with Crippen LogP contribution < -0.4 is 0 Å². The van der Waals surface area contributed by atoms with Crippen LogP contribution in [0.2, 0.25) is 0 Å². The molecule has 0 N–H and O–H groups in total. The number of likely N-dealkylation sites (N-methyl/N-ethyl adjacent to an activating group) is 1. The summed E-state index contributed by atoms with van der Waals surface area (Å²) in [5.74, 6) is 0. The molecular formula is C23H25NO. The van der Waals surface area contributed by atoms with Crippen molar-refractivity contribution in [3.05, 3.63) is 108 Å². The number of benzene rings is 3. The average Bonchev–Trinajstić information content (AvgIpc) is 2.67. The molecule has 3 rings (SSSR count). The van der Waals surface area contributed by atoms with Gasteiger partial charge in [-0.2, -0.15) is 0 Å². The van der Waals surface area contributed by atoms with E-state index in [2.05, 4.69) is 97.9 Å². The van der Waals surface area contributed by atoms with Gasteiger partial charge in [0, 0.05) is 0 Å². The normalized spacial score (nSPS) is 13.6. The summed E-state index contributed by atoms with van der Waals surface area (Å²) in [4.78, 5) is 2.23. The second kappa shape index (κ2) is 8.61. The molecule has 3 aromatic rings. The van der Waals surface area contributed by atoms with Crippen molar-refractivity contribution in [2.24, 2.45) is 0 Å². The summed E-state index contributed by atoms with van der Waals surface area (Å²) in [6.45, 7) is 0.595. The van der Waals surface area contributed by atoms with Gasteiger partial charge in [-0.3, -0.25) is 4.90 Å². The van der Waals surface area contributed by atoms with Gasteiger partial charge < -0.3 is 4.74 Å². The molecule has 0 radical (unpaired) electrons. The van der Waals surface area contributed by atoms with E-state index >= 15 is 0 Å². The Morgan fingerprint density at radius 2 is 1.16 bits per heavy atom. The second-order valence-electron chi connectivity index (χ2n) is 6.45. The van der Waals surface area contributed by atoms with Gasteiger partial charge >= 0.3 is 0 Å². The summed E-state index contributed by atoms with van der Waals surface area (Å²) in [7, 11) is 4.22. The van der Waals surface area contributed by atoms with Gasteiger partial charge in [-0.15, -0.1) is 0 Å². The maximum Gasteiger partial charge on any atom is 0.103 e. The molecule has 0 aliphatic heterocycles. The molecular weight excluding hydrogens is 306 g/mol. The largest absolute Gasteiger partial charge is 0.367 e.